The standard InChI is InChI=1S/C17H24ClN3/c1-3-4-5-8-21-11-15(18)14-10-19-16(9-17(14)21)12(2)20-13-6-7-13/h9-13,20H,3-8H2,1-2H3. The molecule has 0 saturated heterocycles. The van der Waals surface area contributed by atoms with E-state index < -0.39 is 0 Å². The minimum absolute atomic E-state index is 0.305. The second kappa shape index (κ2) is 6.37. The van der Waals surface area contributed by atoms with Crippen LogP contribution in [0, 0.1) is 0 Å². The van der Waals surface area contributed by atoms with Crippen LogP contribution in [0.15, 0.2) is 18.5 Å². The maximum atomic E-state index is 6.34. The van der Waals surface area contributed by atoms with Gasteiger partial charge in [-0.15, -0.1) is 0 Å². The van der Waals surface area contributed by atoms with Crippen LogP contribution in [0.4, 0.5) is 0 Å². The zero-order valence-electron chi connectivity index (χ0n) is 12.9. The third kappa shape index (κ3) is 3.41. The number of rotatable bonds is 7. The first-order valence-electron chi connectivity index (χ1n) is 8.09. The maximum Gasteiger partial charge on any atom is 0.0677 e. The highest BCUT2D eigenvalue weighted by Gasteiger charge is 2.24. The molecule has 0 aliphatic heterocycles. The Morgan fingerprint density at radius 1 is 1.43 bits per heavy atom. The van der Waals surface area contributed by atoms with Gasteiger partial charge in [-0.2, -0.15) is 0 Å². The summed E-state index contributed by atoms with van der Waals surface area (Å²) in [5, 5.41) is 5.48. The van der Waals surface area contributed by atoms with Gasteiger partial charge in [-0.1, -0.05) is 31.4 Å². The lowest BCUT2D eigenvalue weighted by Gasteiger charge is -2.13. The molecular formula is C17H24ClN3. The molecule has 2 aromatic rings. The van der Waals surface area contributed by atoms with Crippen LogP contribution in [-0.4, -0.2) is 15.6 Å². The lowest BCUT2D eigenvalue weighted by atomic mass is 10.2. The minimum atomic E-state index is 0.305. The third-order valence-electron chi connectivity index (χ3n) is 4.25. The number of hydrogen-bond donors (Lipinski definition) is 1. The fourth-order valence-electron chi connectivity index (χ4n) is 2.80. The van der Waals surface area contributed by atoms with E-state index in [1.54, 1.807) is 0 Å². The van der Waals surface area contributed by atoms with Crippen LogP contribution in [-0.2, 0) is 6.54 Å². The highest BCUT2D eigenvalue weighted by Crippen LogP contribution is 2.29. The molecule has 1 unspecified atom stereocenters. The first kappa shape index (κ1) is 14.9. The van der Waals surface area contributed by atoms with Crippen LogP contribution in [0.5, 0.6) is 0 Å². The topological polar surface area (TPSA) is 29.9 Å². The van der Waals surface area contributed by atoms with E-state index in [4.69, 9.17) is 11.6 Å². The van der Waals surface area contributed by atoms with Gasteiger partial charge in [0.2, 0.25) is 0 Å². The predicted octanol–water partition coefficient (Wildman–Crippen LogP) is 4.69. The number of nitrogens with zero attached hydrogens (tertiary/aromatic N) is 2. The Kier molecular flexibility index (Phi) is 4.51. The Hall–Kier alpha value is -1.06. The molecular weight excluding hydrogens is 282 g/mol. The van der Waals surface area contributed by atoms with E-state index in [-0.39, 0.29) is 0 Å². The first-order valence-corrected chi connectivity index (χ1v) is 8.47. The van der Waals surface area contributed by atoms with Gasteiger partial charge < -0.3 is 9.88 Å². The molecule has 1 N–H and O–H groups in total. The smallest absolute Gasteiger partial charge is 0.0677 e. The average Bonchev–Trinajstić information content (AvgIpc) is 3.24. The zero-order chi connectivity index (χ0) is 14.8. The van der Waals surface area contributed by atoms with Crippen molar-refractivity contribution < 1.29 is 0 Å². The fourth-order valence-corrected chi connectivity index (χ4v) is 3.06. The van der Waals surface area contributed by atoms with Crippen molar-refractivity contribution in [3.05, 3.63) is 29.2 Å². The largest absolute Gasteiger partial charge is 0.346 e. The molecule has 2 heterocycles. The van der Waals surface area contributed by atoms with Crippen molar-refractivity contribution >= 4 is 22.5 Å². The quantitative estimate of drug-likeness (QED) is 0.752. The van der Waals surface area contributed by atoms with Gasteiger partial charge in [0, 0.05) is 36.4 Å². The summed E-state index contributed by atoms with van der Waals surface area (Å²) in [5.41, 5.74) is 2.33. The normalized spacial score (nSPS) is 16.5. The van der Waals surface area contributed by atoms with Gasteiger partial charge in [-0.3, -0.25) is 4.98 Å². The van der Waals surface area contributed by atoms with Crippen molar-refractivity contribution in [1.82, 2.24) is 14.9 Å². The van der Waals surface area contributed by atoms with Crippen LogP contribution in [0.2, 0.25) is 5.02 Å². The number of unbranched alkanes of at least 4 members (excludes halogenated alkanes) is 2. The third-order valence-corrected chi connectivity index (χ3v) is 4.55. The number of pyridine rings is 1. The van der Waals surface area contributed by atoms with Crippen LogP contribution in [0.3, 0.4) is 0 Å². The molecule has 1 aliphatic rings. The molecule has 3 rings (SSSR count). The van der Waals surface area contributed by atoms with Crippen LogP contribution in [0.25, 0.3) is 10.9 Å². The molecule has 3 nitrogen and oxygen atoms in total. The van der Waals surface area contributed by atoms with Crippen LogP contribution >= 0.6 is 11.6 Å². The summed E-state index contributed by atoms with van der Waals surface area (Å²) in [4.78, 5) is 4.60. The predicted molar refractivity (Wildman–Crippen MR) is 88.8 cm³/mol. The first-order chi connectivity index (χ1) is 10.2. The molecule has 1 aliphatic carbocycles. The molecule has 0 bridgehead atoms. The van der Waals surface area contributed by atoms with E-state index in [2.05, 4.69) is 34.8 Å². The summed E-state index contributed by atoms with van der Waals surface area (Å²) in [6.45, 7) is 5.46. The molecule has 1 atom stereocenters. The molecule has 0 spiro atoms. The highest BCUT2D eigenvalue weighted by molar-refractivity contribution is 6.35. The summed E-state index contributed by atoms with van der Waals surface area (Å²) >= 11 is 6.34. The molecule has 21 heavy (non-hydrogen) atoms. The SMILES string of the molecule is CCCCCn1cc(Cl)c2cnc(C(C)NC3CC3)cc21. The van der Waals surface area contributed by atoms with Crippen LogP contribution < -0.4 is 5.32 Å². The summed E-state index contributed by atoms with van der Waals surface area (Å²) in [6.07, 6.45) is 10.3. The van der Waals surface area contributed by atoms with E-state index in [0.717, 1.165) is 22.6 Å². The number of aryl methyl sites for hydroxylation is 1. The molecule has 114 valence electrons. The number of nitrogens with one attached hydrogen (secondary N) is 1. The Morgan fingerprint density at radius 3 is 2.95 bits per heavy atom. The van der Waals surface area contributed by atoms with Gasteiger partial charge in [-0.25, -0.2) is 0 Å². The molecule has 2 aromatic heterocycles. The van der Waals surface area contributed by atoms with E-state index in [1.807, 2.05) is 12.4 Å². The van der Waals surface area contributed by atoms with Crippen molar-refractivity contribution in [1.29, 1.82) is 0 Å². The highest BCUT2D eigenvalue weighted by atomic mass is 35.5. The number of halogens is 1. The van der Waals surface area contributed by atoms with Gasteiger partial charge in [0.1, 0.15) is 0 Å². The van der Waals surface area contributed by atoms with E-state index in [9.17, 15) is 0 Å². The Morgan fingerprint density at radius 2 is 2.24 bits per heavy atom. The number of fused-ring (bicyclic) bond motifs is 1. The van der Waals surface area contributed by atoms with Gasteiger partial charge in [-0.05, 0) is 32.3 Å². The van der Waals surface area contributed by atoms with E-state index >= 15 is 0 Å². The summed E-state index contributed by atoms with van der Waals surface area (Å²) in [7, 11) is 0. The van der Waals surface area contributed by atoms with Crippen molar-refractivity contribution in [2.75, 3.05) is 0 Å². The average molecular weight is 306 g/mol. The lowest BCUT2D eigenvalue weighted by Crippen LogP contribution is -2.21. The lowest BCUT2D eigenvalue weighted by molar-refractivity contribution is 0.558. The van der Waals surface area contributed by atoms with Crippen molar-refractivity contribution in [2.24, 2.45) is 0 Å². The molecule has 4 heteroatoms. The number of hydrogen-bond acceptors (Lipinski definition) is 2. The Bertz CT molecular complexity index is 616. The Labute approximate surface area is 131 Å². The second-order valence-electron chi connectivity index (χ2n) is 6.17. The van der Waals surface area contributed by atoms with E-state index in [0.29, 0.717) is 12.1 Å². The molecule has 0 radical (unpaired) electrons. The second-order valence-corrected chi connectivity index (χ2v) is 6.57. The van der Waals surface area contributed by atoms with Gasteiger partial charge in [0.05, 0.1) is 16.2 Å². The van der Waals surface area contributed by atoms with Crippen molar-refractivity contribution in [3.8, 4) is 0 Å². The van der Waals surface area contributed by atoms with Gasteiger partial charge >= 0.3 is 0 Å². The fraction of sp³-hybridized carbons (Fsp3) is 0.588. The molecule has 0 amide bonds. The summed E-state index contributed by atoms with van der Waals surface area (Å²) < 4.78 is 2.28. The van der Waals surface area contributed by atoms with Gasteiger partial charge in [0.25, 0.3) is 0 Å². The molecule has 0 aromatic carbocycles. The van der Waals surface area contributed by atoms with Gasteiger partial charge in [0.15, 0.2) is 0 Å². The monoisotopic (exact) mass is 305 g/mol. The summed E-state index contributed by atoms with van der Waals surface area (Å²) in [6, 6.07) is 3.20. The van der Waals surface area contributed by atoms with Crippen molar-refractivity contribution in [2.45, 2.75) is 64.6 Å². The minimum Gasteiger partial charge on any atom is -0.346 e. The zero-order valence-corrected chi connectivity index (χ0v) is 13.7. The van der Waals surface area contributed by atoms with Crippen molar-refractivity contribution in [3.63, 3.8) is 0 Å². The summed E-state index contributed by atoms with van der Waals surface area (Å²) in [5.74, 6) is 0. The van der Waals surface area contributed by atoms with Crippen LogP contribution in [0.1, 0.15) is 57.7 Å². The maximum absolute atomic E-state index is 6.34. The Balaban J connectivity index is 1.84. The number of aromatic nitrogens is 2. The molecule has 1 fully saturated rings. The van der Waals surface area contributed by atoms with E-state index in [1.165, 1.54) is 37.6 Å². The molecule has 1 saturated carbocycles.